The van der Waals surface area contributed by atoms with Crippen LogP contribution in [0.25, 0.3) is 6.08 Å². The van der Waals surface area contributed by atoms with Crippen LogP contribution in [0.5, 0.6) is 11.5 Å². The van der Waals surface area contributed by atoms with Gasteiger partial charge in [-0.25, -0.2) is 9.69 Å². The van der Waals surface area contributed by atoms with Gasteiger partial charge in [-0.2, -0.15) is 0 Å². The molecular weight excluding hydrogens is 396 g/mol. The van der Waals surface area contributed by atoms with E-state index in [1.165, 1.54) is 43.5 Å². The van der Waals surface area contributed by atoms with Gasteiger partial charge in [-0.1, -0.05) is 17.7 Å². The largest absolute Gasteiger partial charge is 0.504 e. The molecular formula is C21H17ClN2O5. The number of halogens is 1. The van der Waals surface area contributed by atoms with Gasteiger partial charge in [0.05, 0.1) is 12.8 Å². The van der Waals surface area contributed by atoms with E-state index in [0.717, 1.165) is 4.90 Å². The zero-order chi connectivity index (χ0) is 21.1. The minimum atomic E-state index is -0.852. The molecule has 29 heavy (non-hydrogen) atoms. The summed E-state index contributed by atoms with van der Waals surface area (Å²) in [6.07, 6.45) is 3.29. The molecule has 1 heterocycles. The number of hydrogen-bond donors (Lipinski definition) is 2. The number of allylic oxidation sites excluding steroid dienone is 1. The Balaban J connectivity index is 2.06. The number of barbiturate groups is 1. The highest BCUT2D eigenvalue weighted by molar-refractivity contribution is 6.39. The highest BCUT2D eigenvalue weighted by Crippen LogP contribution is 2.33. The number of benzene rings is 2. The van der Waals surface area contributed by atoms with Gasteiger partial charge in [0.15, 0.2) is 11.5 Å². The molecule has 0 bridgehead atoms. The Morgan fingerprint density at radius 2 is 1.90 bits per heavy atom. The number of hydrogen-bond acceptors (Lipinski definition) is 5. The van der Waals surface area contributed by atoms with E-state index in [1.54, 1.807) is 12.1 Å². The van der Waals surface area contributed by atoms with Crippen molar-refractivity contribution in [1.29, 1.82) is 0 Å². The standard InChI is InChI=1S/C21H17ClN2O5/c1-3-4-13-9-12(11-17(29-2)18(13)25)10-16-19(26)23-21(28)24(20(16)27)15-7-5-14(22)6-8-15/h3,5-11,25H,1,4H2,2H3,(H,23,26,28)/b16-10+. The summed E-state index contributed by atoms with van der Waals surface area (Å²) in [5, 5.41) is 12.8. The molecule has 0 aliphatic carbocycles. The average Bonchev–Trinajstić information content (AvgIpc) is 2.68. The van der Waals surface area contributed by atoms with Crippen molar-refractivity contribution in [2.24, 2.45) is 0 Å². The van der Waals surface area contributed by atoms with Crippen molar-refractivity contribution >= 4 is 41.2 Å². The first-order valence-electron chi connectivity index (χ1n) is 8.53. The van der Waals surface area contributed by atoms with E-state index in [1.807, 2.05) is 0 Å². The van der Waals surface area contributed by atoms with E-state index < -0.39 is 17.8 Å². The molecule has 7 nitrogen and oxygen atoms in total. The molecule has 2 N–H and O–H groups in total. The van der Waals surface area contributed by atoms with Crippen molar-refractivity contribution in [3.8, 4) is 11.5 Å². The van der Waals surface area contributed by atoms with Gasteiger partial charge in [0.2, 0.25) is 0 Å². The van der Waals surface area contributed by atoms with Crippen molar-refractivity contribution in [3.05, 3.63) is 70.8 Å². The van der Waals surface area contributed by atoms with Crippen LogP contribution in [-0.4, -0.2) is 30.1 Å². The number of phenolic OH excluding ortho intramolecular Hbond substituents is 1. The van der Waals surface area contributed by atoms with Crippen LogP contribution in [0.3, 0.4) is 0 Å². The molecule has 1 saturated heterocycles. The van der Waals surface area contributed by atoms with Crippen LogP contribution in [0.15, 0.2) is 54.6 Å². The lowest BCUT2D eigenvalue weighted by Gasteiger charge is -2.26. The van der Waals surface area contributed by atoms with Crippen LogP contribution in [0, 0.1) is 0 Å². The molecule has 0 spiro atoms. The predicted molar refractivity (Wildman–Crippen MR) is 109 cm³/mol. The number of phenols is 1. The summed E-state index contributed by atoms with van der Waals surface area (Å²) in [6.45, 7) is 3.64. The number of amides is 4. The molecule has 0 atom stereocenters. The van der Waals surface area contributed by atoms with Crippen molar-refractivity contribution in [2.75, 3.05) is 12.0 Å². The zero-order valence-electron chi connectivity index (χ0n) is 15.4. The Morgan fingerprint density at radius 1 is 1.21 bits per heavy atom. The summed E-state index contributed by atoms with van der Waals surface area (Å²) >= 11 is 5.86. The molecule has 3 rings (SSSR count). The number of imide groups is 2. The lowest BCUT2D eigenvalue weighted by molar-refractivity contribution is -0.122. The van der Waals surface area contributed by atoms with Crippen LogP contribution in [0.2, 0.25) is 5.02 Å². The minimum absolute atomic E-state index is 0.0491. The second kappa shape index (κ2) is 8.20. The van der Waals surface area contributed by atoms with Gasteiger partial charge in [-0.15, -0.1) is 6.58 Å². The van der Waals surface area contributed by atoms with Crippen molar-refractivity contribution in [1.82, 2.24) is 5.32 Å². The van der Waals surface area contributed by atoms with Gasteiger partial charge < -0.3 is 9.84 Å². The summed E-state index contributed by atoms with van der Waals surface area (Å²) < 4.78 is 5.16. The van der Waals surface area contributed by atoms with Crippen LogP contribution in [0.1, 0.15) is 11.1 Å². The van der Waals surface area contributed by atoms with Gasteiger partial charge in [-0.05, 0) is 54.5 Å². The van der Waals surface area contributed by atoms with Crippen LogP contribution in [0.4, 0.5) is 10.5 Å². The number of anilines is 1. The lowest BCUT2D eigenvalue weighted by Crippen LogP contribution is -2.54. The third kappa shape index (κ3) is 4.00. The molecule has 0 aromatic heterocycles. The summed E-state index contributed by atoms with van der Waals surface area (Å²) in [7, 11) is 1.39. The van der Waals surface area contributed by atoms with Gasteiger partial charge in [0.1, 0.15) is 5.57 Å². The predicted octanol–water partition coefficient (Wildman–Crippen LogP) is 3.45. The number of urea groups is 1. The van der Waals surface area contributed by atoms with Gasteiger partial charge in [0, 0.05) is 10.6 Å². The van der Waals surface area contributed by atoms with Gasteiger partial charge in [0.25, 0.3) is 11.8 Å². The van der Waals surface area contributed by atoms with E-state index >= 15 is 0 Å². The molecule has 2 aromatic carbocycles. The molecule has 1 fully saturated rings. The molecule has 1 aliphatic rings. The topological polar surface area (TPSA) is 95.9 Å². The van der Waals surface area contributed by atoms with E-state index in [0.29, 0.717) is 22.6 Å². The molecule has 0 unspecified atom stereocenters. The van der Waals surface area contributed by atoms with E-state index in [2.05, 4.69) is 11.9 Å². The second-order valence-electron chi connectivity index (χ2n) is 6.16. The number of rotatable bonds is 5. The first-order valence-corrected chi connectivity index (χ1v) is 8.91. The molecule has 2 aromatic rings. The Labute approximate surface area is 171 Å². The van der Waals surface area contributed by atoms with E-state index in [4.69, 9.17) is 16.3 Å². The Morgan fingerprint density at radius 3 is 2.52 bits per heavy atom. The maximum Gasteiger partial charge on any atom is 0.335 e. The maximum atomic E-state index is 12.9. The van der Waals surface area contributed by atoms with Crippen molar-refractivity contribution in [3.63, 3.8) is 0 Å². The Hall–Kier alpha value is -3.58. The first kappa shape index (κ1) is 20.2. The summed E-state index contributed by atoms with van der Waals surface area (Å²) in [5.41, 5.74) is 0.990. The number of nitrogens with one attached hydrogen (secondary N) is 1. The number of carbonyl (C=O) groups is 3. The lowest BCUT2D eigenvalue weighted by atomic mass is 10.0. The Bertz CT molecular complexity index is 1040. The van der Waals surface area contributed by atoms with Crippen LogP contribution in [-0.2, 0) is 16.0 Å². The fourth-order valence-corrected chi connectivity index (χ4v) is 3.01. The van der Waals surface area contributed by atoms with E-state index in [-0.39, 0.29) is 22.8 Å². The average molecular weight is 413 g/mol. The number of methoxy groups -OCH3 is 1. The zero-order valence-corrected chi connectivity index (χ0v) is 16.2. The molecule has 0 saturated carbocycles. The fourth-order valence-electron chi connectivity index (χ4n) is 2.89. The third-order valence-electron chi connectivity index (χ3n) is 4.26. The monoisotopic (exact) mass is 412 g/mol. The van der Waals surface area contributed by atoms with Crippen molar-refractivity contribution < 1.29 is 24.2 Å². The number of ether oxygens (including phenoxy) is 1. The smallest absolute Gasteiger partial charge is 0.335 e. The fraction of sp³-hybridized carbons (Fsp3) is 0.0952. The number of aromatic hydroxyl groups is 1. The summed E-state index contributed by atoms with van der Waals surface area (Å²) in [6, 6.07) is 8.30. The molecule has 148 valence electrons. The Kier molecular flexibility index (Phi) is 5.70. The number of carbonyl (C=O) groups excluding carboxylic acids is 3. The molecule has 0 radical (unpaired) electrons. The quantitative estimate of drug-likeness (QED) is 0.445. The molecule has 4 amide bonds. The summed E-state index contributed by atoms with van der Waals surface area (Å²) in [4.78, 5) is 38.3. The van der Waals surface area contributed by atoms with Crippen LogP contribution >= 0.6 is 11.6 Å². The second-order valence-corrected chi connectivity index (χ2v) is 6.59. The third-order valence-corrected chi connectivity index (χ3v) is 4.51. The first-order chi connectivity index (χ1) is 13.8. The minimum Gasteiger partial charge on any atom is -0.504 e. The number of nitrogens with zero attached hydrogens (tertiary/aromatic N) is 1. The highest BCUT2D eigenvalue weighted by Gasteiger charge is 2.36. The molecule has 8 heteroatoms. The van der Waals surface area contributed by atoms with Crippen molar-refractivity contribution in [2.45, 2.75) is 6.42 Å². The van der Waals surface area contributed by atoms with E-state index in [9.17, 15) is 19.5 Å². The molecule has 1 aliphatic heterocycles. The summed E-state index contributed by atoms with van der Waals surface area (Å²) in [5.74, 6) is -1.46. The van der Waals surface area contributed by atoms with Gasteiger partial charge >= 0.3 is 6.03 Å². The normalized spacial score (nSPS) is 15.4. The maximum absolute atomic E-state index is 12.9. The van der Waals surface area contributed by atoms with Gasteiger partial charge in [-0.3, -0.25) is 14.9 Å². The SMILES string of the molecule is C=CCc1cc(/C=C2\C(=O)NC(=O)N(c3ccc(Cl)cc3)C2=O)cc(OC)c1O. The van der Waals surface area contributed by atoms with Crippen LogP contribution < -0.4 is 15.0 Å². The highest BCUT2D eigenvalue weighted by atomic mass is 35.5.